The predicted octanol–water partition coefficient (Wildman–Crippen LogP) is 1.94. The van der Waals surface area contributed by atoms with Gasteiger partial charge in [-0.15, -0.1) is 0 Å². The fourth-order valence-corrected chi connectivity index (χ4v) is 1.92. The molecule has 2 unspecified atom stereocenters. The smallest absolute Gasteiger partial charge is 0.199 e. The fraction of sp³-hybridized carbons (Fsp3) is 0.571. The van der Waals surface area contributed by atoms with Crippen LogP contribution in [0.5, 0.6) is 0 Å². The fourth-order valence-electron chi connectivity index (χ4n) is 1.92. The van der Waals surface area contributed by atoms with Crippen molar-refractivity contribution < 1.29 is 19.8 Å². The predicted molar refractivity (Wildman–Crippen MR) is 68.1 cm³/mol. The van der Waals surface area contributed by atoms with Gasteiger partial charge in [-0.25, -0.2) is 0 Å². The summed E-state index contributed by atoms with van der Waals surface area (Å²) >= 11 is 0. The molecular formula is C14H20O4. The molecule has 0 radical (unpaired) electrons. The molecule has 0 spiro atoms. The molecule has 0 aliphatic heterocycles. The number of ketones is 2. The molecule has 0 aromatic heterocycles. The molecule has 1 aliphatic carbocycles. The Kier molecular flexibility index (Phi) is 4.46. The van der Waals surface area contributed by atoms with Gasteiger partial charge in [0.15, 0.2) is 11.6 Å². The highest BCUT2D eigenvalue weighted by molar-refractivity contribution is 6.28. The van der Waals surface area contributed by atoms with Crippen LogP contribution in [0.15, 0.2) is 23.0 Å². The van der Waals surface area contributed by atoms with Crippen molar-refractivity contribution in [2.45, 2.75) is 40.2 Å². The Balaban J connectivity index is 3.09. The summed E-state index contributed by atoms with van der Waals surface area (Å²) in [6.07, 6.45) is 0.807. The molecule has 0 amide bonds. The van der Waals surface area contributed by atoms with Crippen molar-refractivity contribution in [2.75, 3.05) is 0 Å². The third-order valence-electron chi connectivity index (χ3n) is 3.06. The van der Waals surface area contributed by atoms with Gasteiger partial charge in [0.1, 0.15) is 17.4 Å². The molecule has 1 fully saturated rings. The third kappa shape index (κ3) is 2.70. The quantitative estimate of drug-likeness (QED) is 0.348. The highest BCUT2D eigenvalue weighted by Gasteiger charge is 2.46. The van der Waals surface area contributed by atoms with Gasteiger partial charge in [0.05, 0.1) is 5.92 Å². The molecule has 18 heavy (non-hydrogen) atoms. The van der Waals surface area contributed by atoms with E-state index in [1.165, 1.54) is 0 Å². The molecule has 1 saturated carbocycles. The van der Waals surface area contributed by atoms with Crippen LogP contribution in [0.25, 0.3) is 0 Å². The van der Waals surface area contributed by atoms with Crippen molar-refractivity contribution in [3.05, 3.63) is 23.0 Å². The Morgan fingerprint density at radius 2 is 1.83 bits per heavy atom. The van der Waals surface area contributed by atoms with Crippen LogP contribution in [0.1, 0.15) is 34.1 Å². The van der Waals surface area contributed by atoms with Crippen LogP contribution in [0.4, 0.5) is 0 Å². The summed E-state index contributed by atoms with van der Waals surface area (Å²) < 4.78 is 0. The van der Waals surface area contributed by atoms with Crippen LogP contribution in [0.2, 0.25) is 0 Å². The van der Waals surface area contributed by atoms with Crippen LogP contribution >= 0.6 is 0 Å². The van der Waals surface area contributed by atoms with Crippen molar-refractivity contribution in [3.63, 3.8) is 0 Å². The minimum Gasteiger partial charge on any atom is -0.511 e. The normalized spacial score (nSPS) is 26.8. The van der Waals surface area contributed by atoms with Crippen LogP contribution in [0.3, 0.4) is 0 Å². The van der Waals surface area contributed by atoms with Gasteiger partial charge in [-0.2, -0.15) is 0 Å². The molecular weight excluding hydrogens is 232 g/mol. The summed E-state index contributed by atoms with van der Waals surface area (Å²) in [5.74, 6) is -2.39. The van der Waals surface area contributed by atoms with E-state index >= 15 is 0 Å². The average Bonchev–Trinajstić information content (AvgIpc) is 2.47. The highest BCUT2D eigenvalue weighted by Crippen LogP contribution is 2.30. The lowest BCUT2D eigenvalue weighted by Crippen LogP contribution is -2.22. The van der Waals surface area contributed by atoms with Crippen molar-refractivity contribution in [3.8, 4) is 0 Å². The first-order valence-corrected chi connectivity index (χ1v) is 6.10. The number of hydrogen-bond acceptors (Lipinski definition) is 4. The van der Waals surface area contributed by atoms with Crippen molar-refractivity contribution in [1.82, 2.24) is 0 Å². The Labute approximate surface area is 107 Å². The second-order valence-corrected chi connectivity index (χ2v) is 5.21. The molecule has 2 N–H and O–H groups in total. The lowest BCUT2D eigenvalue weighted by atomic mass is 9.98. The molecule has 2 atom stereocenters. The second kappa shape index (κ2) is 5.48. The van der Waals surface area contributed by atoms with Gasteiger partial charge in [-0.05, 0) is 20.3 Å². The van der Waals surface area contributed by atoms with Gasteiger partial charge >= 0.3 is 0 Å². The van der Waals surface area contributed by atoms with Crippen LogP contribution in [-0.4, -0.2) is 27.9 Å². The zero-order chi connectivity index (χ0) is 14.0. The number of rotatable bonds is 3. The molecule has 0 heterocycles. The van der Waals surface area contributed by atoms with E-state index in [4.69, 9.17) is 0 Å². The third-order valence-corrected chi connectivity index (χ3v) is 3.06. The Bertz CT molecular complexity index is 425. The molecule has 4 nitrogen and oxygen atoms in total. The van der Waals surface area contributed by atoms with Gasteiger partial charge in [0, 0.05) is 5.92 Å². The van der Waals surface area contributed by atoms with E-state index in [1.54, 1.807) is 13.8 Å². The van der Waals surface area contributed by atoms with Gasteiger partial charge in [0.2, 0.25) is 0 Å². The Morgan fingerprint density at radius 3 is 2.28 bits per heavy atom. The van der Waals surface area contributed by atoms with E-state index in [0.29, 0.717) is 6.42 Å². The zero-order valence-corrected chi connectivity index (χ0v) is 11.2. The first-order chi connectivity index (χ1) is 8.27. The maximum absolute atomic E-state index is 12.1. The number of allylic oxidation sites excluding steroid dienone is 3. The SMILES string of the molecule is CC(C)=CCC1C(=O)/C(=C(/O)C(C)C)C(=O)C1O. The van der Waals surface area contributed by atoms with E-state index in [-0.39, 0.29) is 17.3 Å². The van der Waals surface area contributed by atoms with Crippen molar-refractivity contribution >= 4 is 11.6 Å². The van der Waals surface area contributed by atoms with Crippen LogP contribution in [-0.2, 0) is 9.59 Å². The number of carbonyl (C=O) groups is 2. The van der Waals surface area contributed by atoms with E-state index in [0.717, 1.165) is 5.57 Å². The topological polar surface area (TPSA) is 74.6 Å². The lowest BCUT2D eigenvalue weighted by Gasteiger charge is -2.08. The molecule has 0 saturated heterocycles. The molecule has 0 aromatic rings. The van der Waals surface area contributed by atoms with E-state index in [2.05, 4.69) is 0 Å². The highest BCUT2D eigenvalue weighted by atomic mass is 16.3. The minimum absolute atomic E-state index is 0.218. The number of Topliss-reactive ketones (excluding diaryl/α,β-unsaturated/α-hetero) is 2. The number of aliphatic hydroxyl groups is 2. The number of aliphatic hydroxyl groups excluding tert-OH is 2. The maximum Gasteiger partial charge on any atom is 0.199 e. The first-order valence-electron chi connectivity index (χ1n) is 6.10. The number of carbonyl (C=O) groups excluding carboxylic acids is 2. The minimum atomic E-state index is -1.33. The largest absolute Gasteiger partial charge is 0.511 e. The van der Waals surface area contributed by atoms with Crippen LogP contribution in [0, 0.1) is 11.8 Å². The molecule has 0 bridgehead atoms. The molecule has 1 aliphatic rings. The van der Waals surface area contributed by atoms with Gasteiger partial charge in [-0.3, -0.25) is 9.59 Å². The average molecular weight is 252 g/mol. The van der Waals surface area contributed by atoms with E-state index in [1.807, 2.05) is 19.9 Å². The summed E-state index contributed by atoms with van der Waals surface area (Å²) in [4.78, 5) is 23.9. The number of hydrogen-bond donors (Lipinski definition) is 2. The zero-order valence-electron chi connectivity index (χ0n) is 11.2. The van der Waals surface area contributed by atoms with Crippen molar-refractivity contribution in [2.24, 2.45) is 11.8 Å². The van der Waals surface area contributed by atoms with Crippen molar-refractivity contribution in [1.29, 1.82) is 0 Å². The Morgan fingerprint density at radius 1 is 1.28 bits per heavy atom. The van der Waals surface area contributed by atoms with E-state index in [9.17, 15) is 19.8 Å². The van der Waals surface area contributed by atoms with Gasteiger partial charge < -0.3 is 10.2 Å². The monoisotopic (exact) mass is 252 g/mol. The van der Waals surface area contributed by atoms with Gasteiger partial charge in [0.25, 0.3) is 0 Å². The first kappa shape index (κ1) is 14.6. The van der Waals surface area contributed by atoms with Gasteiger partial charge in [-0.1, -0.05) is 25.5 Å². The standard InChI is InChI=1S/C14H20O4/c1-7(2)5-6-9-12(16)10(11(15)8(3)4)14(18)13(9)17/h5,8-9,13,15,17H,6H2,1-4H3/b11-10-. The maximum atomic E-state index is 12.1. The summed E-state index contributed by atoms with van der Waals surface area (Å²) in [5.41, 5.74) is 0.803. The summed E-state index contributed by atoms with van der Waals surface area (Å²) in [7, 11) is 0. The van der Waals surface area contributed by atoms with E-state index < -0.39 is 23.6 Å². The summed E-state index contributed by atoms with van der Waals surface area (Å²) in [6, 6.07) is 0. The molecule has 0 aromatic carbocycles. The summed E-state index contributed by atoms with van der Waals surface area (Å²) in [5, 5.41) is 19.6. The molecule has 1 rings (SSSR count). The lowest BCUT2D eigenvalue weighted by molar-refractivity contribution is -0.124. The molecule has 4 heteroatoms. The Hall–Kier alpha value is -1.42. The second-order valence-electron chi connectivity index (χ2n) is 5.21. The molecule has 100 valence electrons. The van der Waals surface area contributed by atoms with Crippen LogP contribution < -0.4 is 0 Å². The summed E-state index contributed by atoms with van der Waals surface area (Å²) in [6.45, 7) is 7.16.